The summed E-state index contributed by atoms with van der Waals surface area (Å²) in [5.41, 5.74) is 1.29. The van der Waals surface area contributed by atoms with Gasteiger partial charge in [0.05, 0.1) is 11.0 Å². The average Bonchev–Trinajstić information content (AvgIpc) is 2.72. The molecule has 0 aliphatic carbocycles. The van der Waals surface area contributed by atoms with Gasteiger partial charge in [0.1, 0.15) is 4.90 Å². The van der Waals surface area contributed by atoms with Gasteiger partial charge in [-0.3, -0.25) is 9.54 Å². The molecule has 94 valence electrons. The van der Waals surface area contributed by atoms with Crippen LogP contribution in [-0.4, -0.2) is 22.9 Å². The van der Waals surface area contributed by atoms with E-state index in [1.54, 1.807) is 18.3 Å². The minimum Gasteiger partial charge on any atom is -0.359 e. The summed E-state index contributed by atoms with van der Waals surface area (Å²) in [6.45, 7) is 0. The number of rotatable bonds is 1. The number of hydrogen-bond acceptors (Lipinski definition) is 3. The zero-order valence-electron chi connectivity index (χ0n) is 8.99. The number of aromatic amines is 1. The summed E-state index contributed by atoms with van der Waals surface area (Å²) in [7, 11) is -4.23. The third-order valence-electron chi connectivity index (χ3n) is 2.66. The Kier molecular flexibility index (Phi) is 3.02. The zero-order valence-corrected chi connectivity index (χ0v) is 10.6. The van der Waals surface area contributed by atoms with Crippen molar-refractivity contribution in [3.8, 4) is 0 Å². The van der Waals surface area contributed by atoms with Gasteiger partial charge in [-0.25, -0.2) is 0 Å². The second kappa shape index (κ2) is 4.24. The van der Waals surface area contributed by atoms with Crippen molar-refractivity contribution < 1.29 is 13.0 Å². The molecular weight excluding hydrogens is 276 g/mol. The van der Waals surface area contributed by atoms with Crippen molar-refractivity contribution >= 4 is 44.3 Å². The van der Waals surface area contributed by atoms with Crippen LogP contribution < -0.4 is 0 Å². The van der Waals surface area contributed by atoms with Crippen LogP contribution in [0.15, 0.2) is 41.6 Å². The van der Waals surface area contributed by atoms with Crippen molar-refractivity contribution in [2.24, 2.45) is 0 Å². The summed E-state index contributed by atoms with van der Waals surface area (Å²) in [6.07, 6.45) is 2.91. The van der Waals surface area contributed by atoms with Gasteiger partial charge in [0.15, 0.2) is 0 Å². The van der Waals surface area contributed by atoms with Crippen LogP contribution in [0.5, 0.6) is 0 Å². The van der Waals surface area contributed by atoms with Gasteiger partial charge in [0, 0.05) is 23.2 Å². The van der Waals surface area contributed by atoms with Crippen LogP contribution in [0.4, 0.5) is 0 Å². The normalized spacial score (nSPS) is 11.6. The Morgan fingerprint density at radius 2 is 2.00 bits per heavy atom. The van der Waals surface area contributed by atoms with E-state index in [2.05, 4.69) is 9.97 Å². The van der Waals surface area contributed by atoms with Crippen LogP contribution >= 0.6 is 12.4 Å². The number of aromatic nitrogens is 2. The van der Waals surface area contributed by atoms with Gasteiger partial charge in [0.25, 0.3) is 10.1 Å². The molecule has 0 bridgehead atoms. The third kappa shape index (κ3) is 1.84. The zero-order chi connectivity index (χ0) is 12.0. The summed E-state index contributed by atoms with van der Waals surface area (Å²) in [6, 6.07) is 7.17. The molecule has 0 saturated heterocycles. The minimum absolute atomic E-state index is 0. The fourth-order valence-corrected chi connectivity index (χ4v) is 2.54. The van der Waals surface area contributed by atoms with Gasteiger partial charge in [-0.2, -0.15) is 8.42 Å². The van der Waals surface area contributed by atoms with Gasteiger partial charge in [-0.05, 0) is 6.07 Å². The topological polar surface area (TPSA) is 83.1 Å². The van der Waals surface area contributed by atoms with Crippen LogP contribution in [0.3, 0.4) is 0 Å². The molecular formula is C11H9ClN2O3S. The third-order valence-corrected chi connectivity index (χ3v) is 3.55. The number of H-pyrrole nitrogens is 1. The smallest absolute Gasteiger partial charge is 0.296 e. The van der Waals surface area contributed by atoms with Gasteiger partial charge in [0.2, 0.25) is 0 Å². The molecule has 18 heavy (non-hydrogen) atoms. The molecule has 0 fully saturated rings. The van der Waals surface area contributed by atoms with Gasteiger partial charge in [-0.1, -0.05) is 18.2 Å². The molecule has 0 radical (unpaired) electrons. The average molecular weight is 285 g/mol. The lowest BCUT2D eigenvalue weighted by atomic mass is 10.1. The lowest BCUT2D eigenvalue weighted by molar-refractivity contribution is 0.484. The molecule has 1 aromatic carbocycles. The molecule has 0 atom stereocenters. The summed E-state index contributed by atoms with van der Waals surface area (Å²) >= 11 is 0. The second-order valence-electron chi connectivity index (χ2n) is 3.69. The molecule has 3 rings (SSSR count). The molecule has 0 amide bonds. The molecule has 3 aromatic rings. The number of nitrogens with one attached hydrogen (secondary N) is 1. The monoisotopic (exact) mass is 284 g/mol. The van der Waals surface area contributed by atoms with E-state index in [9.17, 15) is 8.42 Å². The van der Waals surface area contributed by atoms with Crippen LogP contribution in [0.2, 0.25) is 0 Å². The predicted octanol–water partition coefficient (Wildman–Crippen LogP) is 2.38. The number of pyridine rings is 1. The standard InChI is InChI=1S/C11H8N2O3S.ClH/c14-17(15,16)9-6-13-11-8(9)4-3-7-2-1-5-12-10(7)11;/h1-6,12H,(H,14,15,16);1H. The van der Waals surface area contributed by atoms with Gasteiger partial charge < -0.3 is 4.98 Å². The number of fused-ring (bicyclic) bond motifs is 3. The van der Waals surface area contributed by atoms with Crippen molar-refractivity contribution in [1.82, 2.24) is 9.97 Å². The molecule has 0 saturated carbocycles. The number of benzene rings is 1. The van der Waals surface area contributed by atoms with Crippen LogP contribution in [-0.2, 0) is 10.1 Å². The summed E-state index contributed by atoms with van der Waals surface area (Å²) in [5.74, 6) is 0. The van der Waals surface area contributed by atoms with Crippen LogP contribution in [0, 0.1) is 0 Å². The Bertz CT molecular complexity index is 827. The van der Waals surface area contributed by atoms with Crippen molar-refractivity contribution in [3.63, 3.8) is 0 Å². The van der Waals surface area contributed by atoms with E-state index in [1.165, 1.54) is 6.20 Å². The first-order chi connectivity index (χ1) is 8.07. The number of nitrogens with zero attached hydrogens (tertiary/aromatic N) is 1. The maximum Gasteiger partial charge on any atom is 0.296 e. The maximum absolute atomic E-state index is 11.1. The molecule has 0 aliphatic heterocycles. The Morgan fingerprint density at radius 3 is 2.72 bits per heavy atom. The maximum atomic E-state index is 11.1. The Labute approximate surface area is 109 Å². The molecule has 0 spiro atoms. The number of hydrogen-bond donors (Lipinski definition) is 2. The molecule has 0 aliphatic rings. The molecule has 0 unspecified atom stereocenters. The first-order valence-corrected chi connectivity index (χ1v) is 6.34. The van der Waals surface area contributed by atoms with E-state index in [0.717, 1.165) is 10.9 Å². The van der Waals surface area contributed by atoms with Gasteiger partial charge >= 0.3 is 0 Å². The first kappa shape index (κ1) is 12.8. The molecule has 2 N–H and O–H groups in total. The van der Waals surface area contributed by atoms with Gasteiger partial charge in [-0.15, -0.1) is 12.4 Å². The van der Waals surface area contributed by atoms with Crippen molar-refractivity contribution in [1.29, 1.82) is 0 Å². The fraction of sp³-hybridized carbons (Fsp3) is 0. The Hall–Kier alpha value is -1.63. The van der Waals surface area contributed by atoms with E-state index >= 15 is 0 Å². The Balaban J connectivity index is 0.00000120. The second-order valence-corrected chi connectivity index (χ2v) is 5.08. The highest BCUT2D eigenvalue weighted by Gasteiger charge is 2.17. The molecule has 2 heterocycles. The van der Waals surface area contributed by atoms with E-state index in [0.29, 0.717) is 10.9 Å². The molecule has 7 heteroatoms. The summed E-state index contributed by atoms with van der Waals surface area (Å²) in [4.78, 5) is 6.90. The van der Waals surface area contributed by atoms with Crippen molar-refractivity contribution in [2.45, 2.75) is 4.90 Å². The van der Waals surface area contributed by atoms with E-state index in [-0.39, 0.29) is 17.3 Å². The summed E-state index contributed by atoms with van der Waals surface area (Å²) in [5, 5.41) is 1.35. The Morgan fingerprint density at radius 1 is 1.22 bits per heavy atom. The van der Waals surface area contributed by atoms with Crippen LogP contribution in [0.1, 0.15) is 0 Å². The SMILES string of the molecule is Cl.O=S(=O)(O)c1cnc2c1ccc1ccc[nH]c12. The van der Waals surface area contributed by atoms with Crippen molar-refractivity contribution in [3.05, 3.63) is 36.7 Å². The molecule has 5 nitrogen and oxygen atoms in total. The molecule has 2 aromatic heterocycles. The fourth-order valence-electron chi connectivity index (χ4n) is 1.91. The quantitative estimate of drug-likeness (QED) is 0.672. The lowest BCUT2D eigenvalue weighted by Gasteiger charge is -1.99. The van der Waals surface area contributed by atoms with Crippen molar-refractivity contribution in [2.75, 3.05) is 0 Å². The number of halogens is 1. The van der Waals surface area contributed by atoms with E-state index in [4.69, 9.17) is 4.55 Å². The summed E-state index contributed by atoms with van der Waals surface area (Å²) < 4.78 is 31.4. The van der Waals surface area contributed by atoms with E-state index < -0.39 is 10.1 Å². The lowest BCUT2D eigenvalue weighted by Crippen LogP contribution is -1.96. The predicted molar refractivity (Wildman–Crippen MR) is 70.7 cm³/mol. The first-order valence-electron chi connectivity index (χ1n) is 4.90. The minimum atomic E-state index is -4.23. The highest BCUT2D eigenvalue weighted by atomic mass is 35.5. The van der Waals surface area contributed by atoms with E-state index in [1.807, 2.05) is 12.1 Å². The highest BCUT2D eigenvalue weighted by molar-refractivity contribution is 7.86. The largest absolute Gasteiger partial charge is 0.359 e. The van der Waals surface area contributed by atoms with Crippen LogP contribution in [0.25, 0.3) is 21.8 Å². The highest BCUT2D eigenvalue weighted by Crippen LogP contribution is 2.27.